The van der Waals surface area contributed by atoms with Crippen molar-refractivity contribution in [3.63, 3.8) is 0 Å². The van der Waals surface area contributed by atoms with Crippen LogP contribution in [0.15, 0.2) is 0 Å². The molecule has 1 heterocycles. The second kappa shape index (κ2) is 3.18. The minimum atomic E-state index is 0.856. The quantitative estimate of drug-likeness (QED) is 0.511. The maximum atomic E-state index is 3.37. The number of nitrogens with one attached hydrogen (secondary N) is 1. The zero-order valence-electron chi connectivity index (χ0n) is 6.35. The van der Waals surface area contributed by atoms with Gasteiger partial charge in [-0.25, -0.2) is 0 Å². The highest BCUT2D eigenvalue weighted by molar-refractivity contribution is 4.63. The van der Waals surface area contributed by atoms with Crippen molar-refractivity contribution in [1.82, 2.24) is 10.2 Å². The van der Waals surface area contributed by atoms with Crippen LogP contribution in [0.3, 0.4) is 0 Å². The van der Waals surface area contributed by atoms with Gasteiger partial charge in [0, 0.05) is 6.67 Å². The average Bonchev–Trinajstić information content (AvgIpc) is 1.97. The molecule has 0 bridgehead atoms. The van der Waals surface area contributed by atoms with Crippen LogP contribution in [-0.4, -0.2) is 31.7 Å². The molecule has 1 N–H and O–H groups in total. The van der Waals surface area contributed by atoms with Crippen LogP contribution in [-0.2, 0) is 0 Å². The molecule has 1 unspecified atom stereocenters. The van der Waals surface area contributed by atoms with Crippen LogP contribution in [0.1, 0.15) is 13.3 Å². The highest BCUT2D eigenvalue weighted by Crippen LogP contribution is 2.03. The lowest BCUT2D eigenvalue weighted by atomic mass is 10.1. The lowest BCUT2D eigenvalue weighted by Crippen LogP contribution is -2.28. The summed E-state index contributed by atoms with van der Waals surface area (Å²) in [7, 11) is 2.16. The highest BCUT2D eigenvalue weighted by Gasteiger charge is 2.08. The van der Waals surface area contributed by atoms with Gasteiger partial charge >= 0.3 is 0 Å². The van der Waals surface area contributed by atoms with E-state index in [-0.39, 0.29) is 0 Å². The van der Waals surface area contributed by atoms with E-state index < -0.39 is 0 Å². The van der Waals surface area contributed by atoms with Crippen molar-refractivity contribution in [1.29, 1.82) is 0 Å². The van der Waals surface area contributed by atoms with E-state index >= 15 is 0 Å². The Kier molecular flexibility index (Phi) is 2.49. The van der Waals surface area contributed by atoms with Crippen LogP contribution in [0.2, 0.25) is 0 Å². The average molecular weight is 128 g/mol. The molecular formula is C7H16N2. The Morgan fingerprint density at radius 3 is 3.11 bits per heavy atom. The predicted molar refractivity (Wildman–Crippen MR) is 39.3 cm³/mol. The van der Waals surface area contributed by atoms with E-state index in [0.29, 0.717) is 0 Å². The fourth-order valence-corrected chi connectivity index (χ4v) is 1.12. The van der Waals surface area contributed by atoms with E-state index in [1.165, 1.54) is 19.5 Å². The van der Waals surface area contributed by atoms with Crippen LogP contribution in [0.4, 0.5) is 0 Å². The number of hydrogen-bond acceptors (Lipinski definition) is 2. The molecule has 2 nitrogen and oxygen atoms in total. The summed E-state index contributed by atoms with van der Waals surface area (Å²) in [5.41, 5.74) is 0. The van der Waals surface area contributed by atoms with E-state index in [1.54, 1.807) is 0 Å². The Hall–Kier alpha value is -0.0800. The lowest BCUT2D eigenvalue weighted by Gasteiger charge is -2.11. The van der Waals surface area contributed by atoms with Crippen molar-refractivity contribution in [2.75, 3.05) is 26.8 Å². The molecule has 1 saturated heterocycles. The first kappa shape index (κ1) is 7.03. The van der Waals surface area contributed by atoms with Gasteiger partial charge in [0.25, 0.3) is 0 Å². The van der Waals surface area contributed by atoms with Gasteiger partial charge in [0.1, 0.15) is 0 Å². The largest absolute Gasteiger partial charge is 0.304 e. The molecule has 1 atom stereocenters. The molecule has 54 valence electrons. The van der Waals surface area contributed by atoms with Crippen LogP contribution >= 0.6 is 0 Å². The Morgan fingerprint density at radius 2 is 2.33 bits per heavy atom. The highest BCUT2D eigenvalue weighted by atomic mass is 15.2. The summed E-state index contributed by atoms with van der Waals surface area (Å²) in [5.74, 6) is 0.856. The van der Waals surface area contributed by atoms with Gasteiger partial charge in [-0.2, -0.15) is 0 Å². The van der Waals surface area contributed by atoms with Crippen molar-refractivity contribution in [3.8, 4) is 0 Å². The second-order valence-corrected chi connectivity index (χ2v) is 3.09. The third kappa shape index (κ3) is 2.33. The molecule has 0 aromatic carbocycles. The van der Waals surface area contributed by atoms with Gasteiger partial charge in [0.05, 0.1) is 0 Å². The standard InChI is InChI=1S/C7H16N2/c1-7-3-4-9(2)6-8-5-7/h7-8H,3-6H2,1-2H3. The van der Waals surface area contributed by atoms with Gasteiger partial charge in [0.15, 0.2) is 0 Å². The van der Waals surface area contributed by atoms with Crippen LogP contribution < -0.4 is 5.32 Å². The van der Waals surface area contributed by atoms with Gasteiger partial charge < -0.3 is 5.32 Å². The second-order valence-electron chi connectivity index (χ2n) is 3.09. The van der Waals surface area contributed by atoms with E-state index in [4.69, 9.17) is 0 Å². The van der Waals surface area contributed by atoms with Crippen molar-refractivity contribution < 1.29 is 0 Å². The van der Waals surface area contributed by atoms with Gasteiger partial charge in [-0.05, 0) is 32.5 Å². The zero-order chi connectivity index (χ0) is 6.69. The summed E-state index contributed by atoms with van der Waals surface area (Å²) >= 11 is 0. The monoisotopic (exact) mass is 128 g/mol. The Bertz CT molecular complexity index is 73.0. The summed E-state index contributed by atoms with van der Waals surface area (Å²) in [5, 5.41) is 3.37. The molecule has 1 fully saturated rings. The van der Waals surface area contributed by atoms with Gasteiger partial charge in [-0.1, -0.05) is 6.92 Å². The Morgan fingerprint density at radius 1 is 1.56 bits per heavy atom. The SMILES string of the molecule is CC1CCN(C)CNC1. The normalized spacial score (nSPS) is 32.0. The van der Waals surface area contributed by atoms with E-state index in [2.05, 4.69) is 24.2 Å². The molecule has 0 saturated carbocycles. The van der Waals surface area contributed by atoms with Gasteiger partial charge in [-0.15, -0.1) is 0 Å². The summed E-state index contributed by atoms with van der Waals surface area (Å²) < 4.78 is 0. The summed E-state index contributed by atoms with van der Waals surface area (Å²) in [6.45, 7) is 5.79. The number of rotatable bonds is 0. The molecule has 1 rings (SSSR count). The Balaban J connectivity index is 2.25. The van der Waals surface area contributed by atoms with Gasteiger partial charge in [0.2, 0.25) is 0 Å². The Labute approximate surface area is 57.2 Å². The predicted octanol–water partition coefficient (Wildman–Crippen LogP) is 0.505. The first-order valence-corrected chi connectivity index (χ1v) is 3.68. The van der Waals surface area contributed by atoms with Crippen molar-refractivity contribution in [2.45, 2.75) is 13.3 Å². The first-order chi connectivity index (χ1) is 4.29. The van der Waals surface area contributed by atoms with Crippen molar-refractivity contribution in [3.05, 3.63) is 0 Å². The molecule has 1 aliphatic rings. The fourth-order valence-electron chi connectivity index (χ4n) is 1.12. The van der Waals surface area contributed by atoms with Crippen LogP contribution in [0.5, 0.6) is 0 Å². The van der Waals surface area contributed by atoms with E-state index in [1.807, 2.05) is 0 Å². The zero-order valence-corrected chi connectivity index (χ0v) is 6.35. The van der Waals surface area contributed by atoms with Crippen LogP contribution in [0.25, 0.3) is 0 Å². The first-order valence-electron chi connectivity index (χ1n) is 3.68. The molecule has 0 spiro atoms. The minimum absolute atomic E-state index is 0.856. The molecule has 2 heteroatoms. The molecule has 9 heavy (non-hydrogen) atoms. The fraction of sp³-hybridized carbons (Fsp3) is 1.00. The lowest BCUT2D eigenvalue weighted by molar-refractivity contribution is 0.330. The molecule has 0 aliphatic carbocycles. The summed E-state index contributed by atoms with van der Waals surface area (Å²) in [4.78, 5) is 2.32. The summed E-state index contributed by atoms with van der Waals surface area (Å²) in [6.07, 6.45) is 1.34. The maximum absolute atomic E-state index is 3.37. The minimum Gasteiger partial charge on any atom is -0.304 e. The molecule has 1 aliphatic heterocycles. The molecule has 0 aromatic rings. The summed E-state index contributed by atoms with van der Waals surface area (Å²) in [6, 6.07) is 0. The van der Waals surface area contributed by atoms with Crippen molar-refractivity contribution >= 4 is 0 Å². The van der Waals surface area contributed by atoms with E-state index in [0.717, 1.165) is 12.6 Å². The van der Waals surface area contributed by atoms with Crippen LogP contribution in [0, 0.1) is 5.92 Å². The molecule has 0 amide bonds. The van der Waals surface area contributed by atoms with Gasteiger partial charge in [-0.3, -0.25) is 4.90 Å². The third-order valence-corrected chi connectivity index (χ3v) is 1.88. The van der Waals surface area contributed by atoms with Crippen molar-refractivity contribution in [2.24, 2.45) is 5.92 Å². The maximum Gasteiger partial charge on any atom is 0.0477 e. The molecular weight excluding hydrogens is 112 g/mol. The molecule has 0 aromatic heterocycles. The smallest absolute Gasteiger partial charge is 0.0477 e. The van der Waals surface area contributed by atoms with E-state index in [9.17, 15) is 0 Å². The molecule has 0 radical (unpaired) electrons. The third-order valence-electron chi connectivity index (χ3n) is 1.88. The number of hydrogen-bond donors (Lipinski definition) is 1. The number of nitrogens with zero attached hydrogens (tertiary/aromatic N) is 1. The topological polar surface area (TPSA) is 15.3 Å².